The highest BCUT2D eigenvalue weighted by Gasteiger charge is 2.06. The molecule has 4 heteroatoms. The van der Waals surface area contributed by atoms with Gasteiger partial charge in [-0.3, -0.25) is 9.59 Å². The van der Waals surface area contributed by atoms with E-state index in [0.29, 0.717) is 24.3 Å². The summed E-state index contributed by atoms with van der Waals surface area (Å²) in [5.74, 6) is -0.104. The van der Waals surface area contributed by atoms with Gasteiger partial charge in [0.25, 0.3) is 0 Å². The lowest BCUT2D eigenvalue weighted by atomic mass is 10.0. The average molecular weight is 639 g/mol. The number of unbranched alkanes of at least 4 members (excludes halogenated alkanes) is 28. The van der Waals surface area contributed by atoms with E-state index in [1.165, 1.54) is 167 Å². The quantitative estimate of drug-likeness (QED) is 0.0543. The molecule has 0 aromatic carbocycles. The second-order valence-corrected chi connectivity index (χ2v) is 13.9. The Labute approximate surface area is 285 Å². The zero-order valence-electron chi connectivity index (χ0n) is 30.6. The largest absolute Gasteiger partial charge is 0.273 e. The zero-order chi connectivity index (χ0) is 33.2. The van der Waals surface area contributed by atoms with Gasteiger partial charge < -0.3 is 0 Å². The SMILES string of the molecule is CCCCCCCCCCCCCCCCCC(=O)N=C1C=CC(=NC(=O)CCCCCCCCCCCCCCCCC)C=C1. The molecule has 0 aromatic heterocycles. The predicted molar refractivity (Wildman–Crippen MR) is 202 cm³/mol. The first kappa shape index (κ1) is 42.2. The summed E-state index contributed by atoms with van der Waals surface area (Å²) in [6, 6.07) is 0. The van der Waals surface area contributed by atoms with Crippen LogP contribution in [0.2, 0.25) is 0 Å². The molecule has 2 amide bonds. The van der Waals surface area contributed by atoms with Crippen molar-refractivity contribution in [2.24, 2.45) is 9.98 Å². The van der Waals surface area contributed by atoms with E-state index in [2.05, 4.69) is 23.8 Å². The second-order valence-electron chi connectivity index (χ2n) is 13.9. The second kappa shape index (κ2) is 33.1. The highest BCUT2D eigenvalue weighted by molar-refractivity contribution is 6.21. The standard InChI is InChI=1S/C42H74N2O2/c1-3-5-7-9-11-13-15-17-19-21-23-25-27-29-31-33-41(45)43-39-35-37-40(38-36-39)44-42(46)34-32-30-28-26-24-22-20-18-16-14-12-10-8-6-4-2/h35-38H,3-34H2,1-2H3. The molecule has 0 fully saturated rings. The van der Waals surface area contributed by atoms with Crippen LogP contribution in [0, 0.1) is 0 Å². The Balaban J connectivity index is 1.96. The maximum Gasteiger partial charge on any atom is 0.246 e. The van der Waals surface area contributed by atoms with Crippen molar-refractivity contribution in [2.45, 2.75) is 219 Å². The van der Waals surface area contributed by atoms with Gasteiger partial charge in [-0.15, -0.1) is 0 Å². The van der Waals surface area contributed by atoms with Crippen molar-refractivity contribution < 1.29 is 9.59 Å². The molecule has 0 aliphatic heterocycles. The Morgan fingerprint density at radius 3 is 0.761 bits per heavy atom. The highest BCUT2D eigenvalue weighted by atomic mass is 16.1. The fourth-order valence-electron chi connectivity index (χ4n) is 6.30. The third-order valence-electron chi connectivity index (χ3n) is 9.35. The monoisotopic (exact) mass is 639 g/mol. The summed E-state index contributed by atoms with van der Waals surface area (Å²) in [4.78, 5) is 33.0. The van der Waals surface area contributed by atoms with Crippen molar-refractivity contribution in [1.82, 2.24) is 0 Å². The van der Waals surface area contributed by atoms with Crippen LogP contribution in [-0.2, 0) is 9.59 Å². The van der Waals surface area contributed by atoms with E-state index in [1.807, 2.05) is 0 Å². The minimum absolute atomic E-state index is 0.0522. The van der Waals surface area contributed by atoms with Crippen molar-refractivity contribution >= 4 is 23.2 Å². The molecule has 0 unspecified atom stereocenters. The molecule has 0 bridgehead atoms. The number of rotatable bonds is 32. The van der Waals surface area contributed by atoms with Crippen molar-refractivity contribution in [1.29, 1.82) is 0 Å². The van der Waals surface area contributed by atoms with Crippen molar-refractivity contribution in [2.75, 3.05) is 0 Å². The lowest BCUT2D eigenvalue weighted by molar-refractivity contribution is -0.118. The predicted octanol–water partition coefficient (Wildman–Crippen LogP) is 13.6. The maximum atomic E-state index is 12.3. The molecule has 1 aliphatic carbocycles. The van der Waals surface area contributed by atoms with Gasteiger partial charge in [0.15, 0.2) is 0 Å². The Kier molecular flexibility index (Phi) is 30.3. The van der Waals surface area contributed by atoms with Crippen LogP contribution in [0.4, 0.5) is 0 Å². The number of hydrogen-bond acceptors (Lipinski definition) is 2. The molecule has 0 spiro atoms. The first-order valence-corrected chi connectivity index (χ1v) is 20.2. The number of allylic oxidation sites excluding steroid dienone is 4. The molecule has 0 aromatic rings. The van der Waals surface area contributed by atoms with E-state index < -0.39 is 0 Å². The van der Waals surface area contributed by atoms with E-state index in [9.17, 15) is 9.59 Å². The molecule has 46 heavy (non-hydrogen) atoms. The maximum absolute atomic E-state index is 12.3. The summed E-state index contributed by atoms with van der Waals surface area (Å²) in [6.07, 6.45) is 47.9. The molecular formula is C42H74N2O2. The number of nitrogens with zero attached hydrogens (tertiary/aromatic N) is 2. The molecule has 0 radical (unpaired) electrons. The minimum Gasteiger partial charge on any atom is -0.273 e. The summed E-state index contributed by atoms with van der Waals surface area (Å²) >= 11 is 0. The molecule has 0 heterocycles. The van der Waals surface area contributed by atoms with E-state index >= 15 is 0 Å². The van der Waals surface area contributed by atoms with Crippen LogP contribution in [0.15, 0.2) is 34.3 Å². The van der Waals surface area contributed by atoms with Crippen LogP contribution < -0.4 is 0 Å². The minimum atomic E-state index is -0.0522. The molecule has 0 atom stereocenters. The number of amides is 2. The Bertz CT molecular complexity index is 768. The molecule has 0 saturated carbocycles. The topological polar surface area (TPSA) is 58.9 Å². The molecule has 0 saturated heterocycles. The van der Waals surface area contributed by atoms with Gasteiger partial charge in [-0.1, -0.05) is 194 Å². The van der Waals surface area contributed by atoms with E-state index in [1.54, 1.807) is 24.3 Å². The number of carbonyl (C=O) groups is 2. The van der Waals surface area contributed by atoms with Gasteiger partial charge in [0.05, 0.1) is 11.4 Å². The van der Waals surface area contributed by atoms with Gasteiger partial charge in [-0.25, -0.2) is 9.98 Å². The van der Waals surface area contributed by atoms with Crippen LogP contribution in [-0.4, -0.2) is 23.2 Å². The van der Waals surface area contributed by atoms with E-state index in [0.717, 1.165) is 25.7 Å². The Hall–Kier alpha value is -1.84. The lowest BCUT2D eigenvalue weighted by Gasteiger charge is -2.04. The molecule has 1 rings (SSSR count). The van der Waals surface area contributed by atoms with Crippen LogP contribution in [0.25, 0.3) is 0 Å². The van der Waals surface area contributed by atoms with Crippen molar-refractivity contribution in [3.63, 3.8) is 0 Å². The van der Waals surface area contributed by atoms with Gasteiger partial charge in [0.1, 0.15) is 0 Å². The Morgan fingerprint density at radius 2 is 0.543 bits per heavy atom. The fourth-order valence-corrected chi connectivity index (χ4v) is 6.30. The summed E-state index contributed by atoms with van der Waals surface area (Å²) in [5.41, 5.74) is 1.31. The van der Waals surface area contributed by atoms with Gasteiger partial charge >= 0.3 is 0 Å². The lowest BCUT2D eigenvalue weighted by Crippen LogP contribution is -2.06. The zero-order valence-corrected chi connectivity index (χ0v) is 30.6. The molecule has 0 N–H and O–H groups in total. The average Bonchev–Trinajstić information content (AvgIpc) is 3.05. The third kappa shape index (κ3) is 28.4. The smallest absolute Gasteiger partial charge is 0.246 e. The Morgan fingerprint density at radius 1 is 0.348 bits per heavy atom. The van der Waals surface area contributed by atoms with Gasteiger partial charge in [-0.2, -0.15) is 0 Å². The summed E-state index contributed by atoms with van der Waals surface area (Å²) < 4.78 is 0. The van der Waals surface area contributed by atoms with Gasteiger partial charge in [0, 0.05) is 12.8 Å². The van der Waals surface area contributed by atoms with Gasteiger partial charge in [-0.05, 0) is 37.1 Å². The third-order valence-corrected chi connectivity index (χ3v) is 9.35. The van der Waals surface area contributed by atoms with E-state index in [-0.39, 0.29) is 11.8 Å². The van der Waals surface area contributed by atoms with Crippen molar-refractivity contribution in [3.8, 4) is 0 Å². The summed E-state index contributed by atoms with van der Waals surface area (Å²) in [7, 11) is 0. The van der Waals surface area contributed by atoms with Crippen LogP contribution in [0.3, 0.4) is 0 Å². The first-order valence-electron chi connectivity index (χ1n) is 20.2. The molecule has 1 aliphatic rings. The van der Waals surface area contributed by atoms with Crippen LogP contribution in [0.5, 0.6) is 0 Å². The fraction of sp³-hybridized carbons (Fsp3) is 0.810. The van der Waals surface area contributed by atoms with Crippen LogP contribution >= 0.6 is 0 Å². The summed E-state index contributed by atoms with van der Waals surface area (Å²) in [5, 5.41) is 0. The van der Waals surface area contributed by atoms with Crippen molar-refractivity contribution in [3.05, 3.63) is 24.3 Å². The van der Waals surface area contributed by atoms with Gasteiger partial charge in [0.2, 0.25) is 11.8 Å². The highest BCUT2D eigenvalue weighted by Crippen LogP contribution is 2.15. The number of aliphatic imine (C=N–C) groups is 2. The molecule has 4 nitrogen and oxygen atoms in total. The summed E-state index contributed by atoms with van der Waals surface area (Å²) in [6.45, 7) is 4.56. The number of carbonyl (C=O) groups excluding carboxylic acids is 2. The number of hydrogen-bond donors (Lipinski definition) is 0. The van der Waals surface area contributed by atoms with Crippen LogP contribution in [0.1, 0.15) is 219 Å². The first-order chi connectivity index (χ1) is 22.7. The molecular weight excluding hydrogens is 564 g/mol. The normalized spacial score (nSPS) is 12.7. The molecule has 264 valence electrons. The van der Waals surface area contributed by atoms with E-state index in [4.69, 9.17) is 0 Å².